The van der Waals surface area contributed by atoms with Crippen LogP contribution in [0.15, 0.2) is 42.6 Å². The molecule has 2 aromatic carbocycles. The van der Waals surface area contributed by atoms with Crippen molar-refractivity contribution in [2.24, 2.45) is 0 Å². The lowest BCUT2D eigenvalue weighted by atomic mass is 10.0. The number of carbonyl (C=O) groups excluding carboxylic acids is 1. The Kier molecular flexibility index (Phi) is 8.50. The average molecular weight is 539 g/mol. The highest BCUT2D eigenvalue weighted by atomic mass is 35.5. The molecule has 1 aromatic heterocycles. The van der Waals surface area contributed by atoms with Gasteiger partial charge in [0.2, 0.25) is 5.91 Å². The fourth-order valence-corrected chi connectivity index (χ4v) is 5.99. The van der Waals surface area contributed by atoms with Gasteiger partial charge in [-0.2, -0.15) is 5.26 Å². The van der Waals surface area contributed by atoms with Gasteiger partial charge in [0, 0.05) is 30.9 Å². The fourth-order valence-electron chi connectivity index (χ4n) is 5.03. The molecule has 0 bridgehead atoms. The molecule has 3 aromatic rings. The standard InChI is InChI=1S/C28H30N4O3S.ClH/c1-17(2)35-25-9-6-18(12-19(25)13-29)28-31-14-26(36-28)23-5-3-4-22-21(23)7-8-24(22)30-15-27(34)32-11-10-20(33)16-32;/h3-6,9,12,14,17,20,24,30,33H,7-8,10-11,15-16H2,1-2H3;1H/t20?,24-;/m0./s1. The van der Waals surface area contributed by atoms with Crippen LogP contribution in [0.4, 0.5) is 0 Å². The molecule has 9 heteroatoms. The molecule has 0 spiro atoms. The third-order valence-corrected chi connectivity index (χ3v) is 7.85. The molecule has 1 fully saturated rings. The van der Waals surface area contributed by atoms with Gasteiger partial charge >= 0.3 is 0 Å². The van der Waals surface area contributed by atoms with Crippen LogP contribution in [0.2, 0.25) is 0 Å². The number of nitriles is 1. The second kappa shape index (κ2) is 11.6. The van der Waals surface area contributed by atoms with E-state index in [1.54, 1.807) is 16.2 Å². The van der Waals surface area contributed by atoms with Gasteiger partial charge < -0.3 is 20.1 Å². The van der Waals surface area contributed by atoms with Crippen LogP contribution in [0.3, 0.4) is 0 Å². The van der Waals surface area contributed by atoms with Crippen molar-refractivity contribution in [2.75, 3.05) is 19.6 Å². The molecule has 194 valence electrons. The Bertz CT molecular complexity index is 1320. The summed E-state index contributed by atoms with van der Waals surface area (Å²) in [5.41, 5.74) is 5.11. The van der Waals surface area contributed by atoms with Crippen molar-refractivity contribution in [1.82, 2.24) is 15.2 Å². The van der Waals surface area contributed by atoms with Crippen LogP contribution in [-0.4, -0.2) is 52.7 Å². The summed E-state index contributed by atoms with van der Waals surface area (Å²) in [6, 6.07) is 14.3. The van der Waals surface area contributed by atoms with Gasteiger partial charge in [0.1, 0.15) is 16.8 Å². The summed E-state index contributed by atoms with van der Waals surface area (Å²) in [5.74, 6) is 0.636. The summed E-state index contributed by atoms with van der Waals surface area (Å²) < 4.78 is 5.75. The number of amides is 1. The minimum atomic E-state index is -0.397. The van der Waals surface area contributed by atoms with Gasteiger partial charge in [-0.15, -0.1) is 23.7 Å². The maximum absolute atomic E-state index is 12.5. The van der Waals surface area contributed by atoms with E-state index in [4.69, 9.17) is 4.74 Å². The highest BCUT2D eigenvalue weighted by Crippen LogP contribution is 2.41. The Morgan fingerprint density at radius 2 is 2.16 bits per heavy atom. The second-order valence-electron chi connectivity index (χ2n) is 9.65. The first-order chi connectivity index (χ1) is 17.4. The highest BCUT2D eigenvalue weighted by molar-refractivity contribution is 7.18. The first-order valence-corrected chi connectivity index (χ1v) is 13.2. The van der Waals surface area contributed by atoms with Crippen LogP contribution in [0.25, 0.3) is 21.0 Å². The first kappa shape index (κ1) is 27.1. The maximum Gasteiger partial charge on any atom is 0.236 e. The predicted molar refractivity (Wildman–Crippen MR) is 147 cm³/mol. The number of fused-ring (bicyclic) bond motifs is 1. The van der Waals surface area contributed by atoms with Gasteiger partial charge in [-0.05, 0) is 68.0 Å². The number of thiazole rings is 1. The number of aromatic nitrogens is 1. The Labute approximate surface area is 227 Å². The van der Waals surface area contributed by atoms with Crippen molar-refractivity contribution in [3.63, 3.8) is 0 Å². The summed E-state index contributed by atoms with van der Waals surface area (Å²) in [4.78, 5) is 20.0. The molecule has 5 rings (SSSR count). The van der Waals surface area contributed by atoms with Gasteiger partial charge in [-0.3, -0.25) is 4.79 Å². The van der Waals surface area contributed by atoms with Crippen LogP contribution in [-0.2, 0) is 11.2 Å². The van der Waals surface area contributed by atoms with E-state index in [1.807, 2.05) is 38.2 Å². The van der Waals surface area contributed by atoms with E-state index < -0.39 is 6.10 Å². The van der Waals surface area contributed by atoms with Crippen LogP contribution in [0.1, 0.15) is 49.4 Å². The fraction of sp³-hybridized carbons (Fsp3) is 0.393. The minimum absolute atomic E-state index is 0. The Hall–Kier alpha value is -2.96. The van der Waals surface area contributed by atoms with E-state index in [1.165, 1.54) is 16.7 Å². The molecule has 1 aliphatic heterocycles. The molecule has 37 heavy (non-hydrogen) atoms. The molecule has 1 unspecified atom stereocenters. The lowest BCUT2D eigenvalue weighted by Gasteiger charge is -2.19. The molecule has 1 saturated heterocycles. The van der Waals surface area contributed by atoms with E-state index >= 15 is 0 Å². The third kappa shape index (κ3) is 5.81. The number of carbonyl (C=O) groups is 1. The lowest BCUT2D eigenvalue weighted by Crippen LogP contribution is -2.38. The van der Waals surface area contributed by atoms with Crippen molar-refractivity contribution in [2.45, 2.75) is 51.4 Å². The average Bonchev–Trinajstić information content (AvgIpc) is 3.62. The number of nitrogens with one attached hydrogen (secondary N) is 1. The van der Waals surface area contributed by atoms with E-state index in [0.717, 1.165) is 28.3 Å². The molecule has 0 radical (unpaired) electrons. The van der Waals surface area contributed by atoms with Crippen molar-refractivity contribution in [1.29, 1.82) is 5.26 Å². The van der Waals surface area contributed by atoms with Gasteiger partial charge in [0.15, 0.2) is 0 Å². The number of hydrogen-bond donors (Lipinski definition) is 2. The van der Waals surface area contributed by atoms with Crippen molar-refractivity contribution in [3.05, 3.63) is 59.3 Å². The van der Waals surface area contributed by atoms with E-state index in [2.05, 4.69) is 34.6 Å². The first-order valence-electron chi connectivity index (χ1n) is 12.4. The summed E-state index contributed by atoms with van der Waals surface area (Å²) in [5, 5.41) is 23.6. The van der Waals surface area contributed by atoms with E-state index in [-0.39, 0.29) is 37.0 Å². The monoisotopic (exact) mass is 538 g/mol. The van der Waals surface area contributed by atoms with Crippen LogP contribution < -0.4 is 10.1 Å². The quantitative estimate of drug-likeness (QED) is 0.451. The Morgan fingerprint density at radius 3 is 2.89 bits per heavy atom. The number of nitrogens with zero attached hydrogens (tertiary/aromatic N) is 3. The normalized spacial score (nSPS) is 18.4. The Morgan fingerprint density at radius 1 is 1.32 bits per heavy atom. The van der Waals surface area contributed by atoms with E-state index in [9.17, 15) is 15.2 Å². The molecule has 2 heterocycles. The molecule has 2 aliphatic rings. The zero-order chi connectivity index (χ0) is 25.2. The SMILES string of the molecule is CC(C)Oc1ccc(-c2ncc(-c3cccc4c3CC[C@@H]4NCC(=O)N3CCC(O)C3)s2)cc1C#N.Cl. The van der Waals surface area contributed by atoms with Crippen LogP contribution in [0, 0.1) is 11.3 Å². The van der Waals surface area contributed by atoms with E-state index in [0.29, 0.717) is 30.8 Å². The topological polar surface area (TPSA) is 98.5 Å². The number of aliphatic hydroxyl groups is 1. The van der Waals surface area contributed by atoms with Gasteiger partial charge in [0.05, 0.1) is 29.2 Å². The molecular weight excluding hydrogens is 508 g/mol. The minimum Gasteiger partial charge on any atom is -0.490 e. The zero-order valence-corrected chi connectivity index (χ0v) is 22.6. The molecule has 1 amide bonds. The van der Waals surface area contributed by atoms with Crippen LogP contribution in [0.5, 0.6) is 5.75 Å². The molecule has 0 saturated carbocycles. The summed E-state index contributed by atoms with van der Waals surface area (Å²) in [6.07, 6.45) is 4.04. The maximum atomic E-state index is 12.5. The van der Waals surface area contributed by atoms with Gasteiger partial charge in [0.25, 0.3) is 0 Å². The number of halogens is 1. The number of rotatable bonds is 7. The van der Waals surface area contributed by atoms with Crippen molar-refractivity contribution >= 4 is 29.7 Å². The number of ether oxygens (including phenoxy) is 1. The van der Waals surface area contributed by atoms with Crippen molar-refractivity contribution < 1.29 is 14.6 Å². The Balaban J connectivity index is 0.00000320. The second-order valence-corrected chi connectivity index (χ2v) is 10.7. The zero-order valence-electron chi connectivity index (χ0n) is 20.9. The number of hydrogen-bond acceptors (Lipinski definition) is 7. The largest absolute Gasteiger partial charge is 0.490 e. The lowest BCUT2D eigenvalue weighted by molar-refractivity contribution is -0.129. The molecule has 2 atom stereocenters. The summed E-state index contributed by atoms with van der Waals surface area (Å²) in [7, 11) is 0. The number of benzene rings is 2. The molecule has 2 N–H and O–H groups in total. The predicted octanol–water partition coefficient (Wildman–Crippen LogP) is 4.73. The molecular formula is C28H31ClN4O3S. The third-order valence-electron chi connectivity index (χ3n) is 6.77. The summed E-state index contributed by atoms with van der Waals surface area (Å²) in [6.45, 7) is 5.23. The van der Waals surface area contributed by atoms with Gasteiger partial charge in [-0.1, -0.05) is 18.2 Å². The highest BCUT2D eigenvalue weighted by Gasteiger charge is 2.28. The molecule has 7 nitrogen and oxygen atoms in total. The number of likely N-dealkylation sites (tertiary alicyclic amines) is 1. The molecule has 1 aliphatic carbocycles. The smallest absolute Gasteiger partial charge is 0.236 e. The van der Waals surface area contributed by atoms with Crippen LogP contribution >= 0.6 is 23.7 Å². The number of β-amino-alcohol motifs (C(OH)–C–C–N with tert-alkyl or cyclic N) is 1. The van der Waals surface area contributed by atoms with Gasteiger partial charge in [-0.25, -0.2) is 4.98 Å². The number of aliphatic hydroxyl groups excluding tert-OH is 1. The summed E-state index contributed by atoms with van der Waals surface area (Å²) >= 11 is 1.61. The van der Waals surface area contributed by atoms with Crippen molar-refractivity contribution in [3.8, 4) is 32.8 Å².